The van der Waals surface area contributed by atoms with Crippen LogP contribution in [-0.2, 0) is 16.6 Å². The van der Waals surface area contributed by atoms with Gasteiger partial charge in [-0.2, -0.15) is 0 Å². The van der Waals surface area contributed by atoms with E-state index in [0.29, 0.717) is 12.2 Å². The summed E-state index contributed by atoms with van der Waals surface area (Å²) in [7, 11) is 0. The molecule has 0 unspecified atom stereocenters. The molecule has 1 aliphatic carbocycles. The van der Waals surface area contributed by atoms with Crippen molar-refractivity contribution in [3.63, 3.8) is 0 Å². The summed E-state index contributed by atoms with van der Waals surface area (Å²) in [6.45, 7) is 6.34. The van der Waals surface area contributed by atoms with E-state index in [1.807, 2.05) is 18.2 Å². The summed E-state index contributed by atoms with van der Waals surface area (Å²) in [5, 5.41) is 0. The van der Waals surface area contributed by atoms with Crippen LogP contribution in [0.4, 0.5) is 0 Å². The van der Waals surface area contributed by atoms with Crippen LogP contribution in [0.3, 0.4) is 0 Å². The zero-order valence-corrected chi connectivity index (χ0v) is 13.1. The third kappa shape index (κ3) is 2.53. The lowest BCUT2D eigenvalue weighted by molar-refractivity contribution is -0.120. The molecule has 2 aromatic carbocycles. The SMILES string of the molecule is Cc1cc(C)c(CC(=O)C2(c3ccccc3)CC2)c(C)c1. The Kier molecular flexibility index (Phi) is 3.44. The van der Waals surface area contributed by atoms with Crippen LogP contribution in [0.5, 0.6) is 0 Å². The van der Waals surface area contributed by atoms with E-state index in [-0.39, 0.29) is 5.41 Å². The second-order valence-corrected chi connectivity index (χ2v) is 6.43. The standard InChI is InChI=1S/C20H22O/c1-14-11-15(2)18(16(3)12-14)13-19(21)20(9-10-20)17-7-5-4-6-8-17/h4-8,11-12H,9-10,13H2,1-3H3. The Bertz CT molecular complexity index is 655. The first-order chi connectivity index (χ1) is 10.0. The van der Waals surface area contributed by atoms with Gasteiger partial charge in [0.25, 0.3) is 0 Å². The van der Waals surface area contributed by atoms with Crippen LogP contribution in [0.1, 0.15) is 40.7 Å². The molecule has 0 aliphatic heterocycles. The van der Waals surface area contributed by atoms with Gasteiger partial charge in [-0.25, -0.2) is 0 Å². The molecule has 21 heavy (non-hydrogen) atoms. The van der Waals surface area contributed by atoms with E-state index < -0.39 is 0 Å². The summed E-state index contributed by atoms with van der Waals surface area (Å²) in [6, 6.07) is 14.6. The molecule has 3 rings (SSSR count). The third-order valence-corrected chi connectivity index (χ3v) is 4.79. The van der Waals surface area contributed by atoms with Gasteiger partial charge in [0.1, 0.15) is 5.78 Å². The number of Topliss-reactive ketones (excluding diaryl/α,β-unsaturated/α-hetero) is 1. The average molecular weight is 278 g/mol. The molecule has 0 heterocycles. The summed E-state index contributed by atoms with van der Waals surface area (Å²) in [6.07, 6.45) is 2.56. The lowest BCUT2D eigenvalue weighted by atomic mass is 9.86. The van der Waals surface area contributed by atoms with E-state index in [0.717, 1.165) is 12.8 Å². The van der Waals surface area contributed by atoms with E-state index in [4.69, 9.17) is 0 Å². The number of hydrogen-bond donors (Lipinski definition) is 0. The maximum Gasteiger partial charge on any atom is 0.147 e. The van der Waals surface area contributed by atoms with Crippen molar-refractivity contribution in [1.29, 1.82) is 0 Å². The fourth-order valence-corrected chi connectivity index (χ4v) is 3.43. The van der Waals surface area contributed by atoms with Crippen molar-refractivity contribution in [2.75, 3.05) is 0 Å². The van der Waals surface area contributed by atoms with E-state index in [2.05, 4.69) is 45.0 Å². The molecule has 1 fully saturated rings. The predicted octanol–water partition coefficient (Wildman–Crippen LogP) is 4.46. The third-order valence-electron chi connectivity index (χ3n) is 4.79. The molecular formula is C20H22O. The molecule has 1 heteroatoms. The maximum absolute atomic E-state index is 12.9. The second-order valence-electron chi connectivity index (χ2n) is 6.43. The Morgan fingerprint density at radius 1 is 1.00 bits per heavy atom. The summed E-state index contributed by atoms with van der Waals surface area (Å²) in [5.41, 5.74) is 5.95. The highest BCUT2D eigenvalue weighted by molar-refractivity contribution is 5.95. The number of ketones is 1. The topological polar surface area (TPSA) is 17.1 Å². The van der Waals surface area contributed by atoms with E-state index in [9.17, 15) is 4.79 Å². The molecule has 2 aromatic rings. The predicted molar refractivity (Wildman–Crippen MR) is 86.7 cm³/mol. The van der Waals surface area contributed by atoms with Crippen LogP contribution >= 0.6 is 0 Å². The molecule has 0 N–H and O–H groups in total. The summed E-state index contributed by atoms with van der Waals surface area (Å²) < 4.78 is 0. The van der Waals surface area contributed by atoms with Gasteiger partial charge in [-0.05, 0) is 55.9 Å². The van der Waals surface area contributed by atoms with Crippen molar-refractivity contribution < 1.29 is 4.79 Å². The zero-order valence-electron chi connectivity index (χ0n) is 13.1. The van der Waals surface area contributed by atoms with Crippen LogP contribution in [0, 0.1) is 20.8 Å². The van der Waals surface area contributed by atoms with Crippen molar-refractivity contribution in [2.45, 2.75) is 45.4 Å². The largest absolute Gasteiger partial charge is 0.298 e. The lowest BCUT2D eigenvalue weighted by Gasteiger charge is -2.17. The first-order valence-electron chi connectivity index (χ1n) is 7.68. The first kappa shape index (κ1) is 14.1. The van der Waals surface area contributed by atoms with Crippen LogP contribution in [0.25, 0.3) is 0 Å². The van der Waals surface area contributed by atoms with E-state index in [1.54, 1.807) is 0 Å². The van der Waals surface area contributed by atoms with Crippen LogP contribution in [0.15, 0.2) is 42.5 Å². The molecule has 0 aromatic heterocycles. The maximum atomic E-state index is 12.9. The number of hydrogen-bond acceptors (Lipinski definition) is 1. The molecular weight excluding hydrogens is 256 g/mol. The molecule has 1 saturated carbocycles. The van der Waals surface area contributed by atoms with Gasteiger partial charge in [-0.15, -0.1) is 0 Å². The highest BCUT2D eigenvalue weighted by atomic mass is 16.1. The van der Waals surface area contributed by atoms with Crippen molar-refractivity contribution in [3.05, 3.63) is 70.3 Å². The highest BCUT2D eigenvalue weighted by Gasteiger charge is 2.50. The minimum Gasteiger partial charge on any atom is -0.298 e. The smallest absolute Gasteiger partial charge is 0.147 e. The van der Waals surface area contributed by atoms with Crippen LogP contribution in [0.2, 0.25) is 0 Å². The lowest BCUT2D eigenvalue weighted by Crippen LogP contribution is -2.23. The minimum atomic E-state index is -0.203. The molecule has 1 nitrogen and oxygen atoms in total. The molecule has 1 aliphatic rings. The summed E-state index contributed by atoms with van der Waals surface area (Å²) >= 11 is 0. The molecule has 0 spiro atoms. The van der Waals surface area contributed by atoms with Gasteiger partial charge in [0.15, 0.2) is 0 Å². The van der Waals surface area contributed by atoms with Crippen molar-refractivity contribution in [3.8, 4) is 0 Å². The fraction of sp³-hybridized carbons (Fsp3) is 0.350. The Balaban J connectivity index is 1.88. The quantitative estimate of drug-likeness (QED) is 0.807. The highest BCUT2D eigenvalue weighted by Crippen LogP contribution is 2.49. The number of rotatable bonds is 4. The van der Waals surface area contributed by atoms with Gasteiger partial charge in [0, 0.05) is 6.42 Å². The number of aryl methyl sites for hydroxylation is 3. The molecule has 0 atom stereocenters. The van der Waals surface area contributed by atoms with Crippen molar-refractivity contribution in [1.82, 2.24) is 0 Å². The Hall–Kier alpha value is -1.89. The van der Waals surface area contributed by atoms with Gasteiger partial charge in [0.05, 0.1) is 5.41 Å². The average Bonchev–Trinajstić information content (AvgIpc) is 3.25. The molecule has 0 bridgehead atoms. The van der Waals surface area contributed by atoms with Gasteiger partial charge in [-0.3, -0.25) is 4.79 Å². The van der Waals surface area contributed by atoms with Gasteiger partial charge < -0.3 is 0 Å². The number of benzene rings is 2. The Morgan fingerprint density at radius 2 is 1.57 bits per heavy atom. The zero-order chi connectivity index (χ0) is 15.0. The fourth-order valence-electron chi connectivity index (χ4n) is 3.43. The summed E-state index contributed by atoms with van der Waals surface area (Å²) in [5.74, 6) is 0.378. The monoisotopic (exact) mass is 278 g/mol. The van der Waals surface area contributed by atoms with Gasteiger partial charge in [-0.1, -0.05) is 48.0 Å². The van der Waals surface area contributed by atoms with Crippen molar-refractivity contribution >= 4 is 5.78 Å². The Labute approximate surface area is 127 Å². The minimum absolute atomic E-state index is 0.203. The van der Waals surface area contributed by atoms with Gasteiger partial charge >= 0.3 is 0 Å². The van der Waals surface area contributed by atoms with Crippen LogP contribution in [-0.4, -0.2) is 5.78 Å². The Morgan fingerprint density at radius 3 is 2.10 bits per heavy atom. The summed E-state index contributed by atoms with van der Waals surface area (Å²) in [4.78, 5) is 12.9. The molecule has 0 amide bonds. The van der Waals surface area contributed by atoms with Gasteiger partial charge in [0.2, 0.25) is 0 Å². The molecule has 0 radical (unpaired) electrons. The van der Waals surface area contributed by atoms with E-state index in [1.165, 1.54) is 27.8 Å². The second kappa shape index (κ2) is 5.14. The molecule has 108 valence electrons. The normalized spacial score (nSPS) is 15.8. The number of carbonyl (C=O) groups excluding carboxylic acids is 1. The van der Waals surface area contributed by atoms with Crippen LogP contribution < -0.4 is 0 Å². The first-order valence-corrected chi connectivity index (χ1v) is 7.68. The van der Waals surface area contributed by atoms with Crippen molar-refractivity contribution in [2.24, 2.45) is 0 Å². The number of carbonyl (C=O) groups is 1. The molecule has 0 saturated heterocycles. The van der Waals surface area contributed by atoms with E-state index >= 15 is 0 Å².